The summed E-state index contributed by atoms with van der Waals surface area (Å²) in [5.74, 6) is -0.443. The number of pyridine rings is 1. The standard InChI is InChI=1S/C12H12F3N3O/c1-2-3-9-7-11(19)18(17-9)10-6-8(4-5-16-10)12(13,14)15/h4-6H,2-3,7H2,1H3. The minimum Gasteiger partial charge on any atom is -0.272 e. The monoisotopic (exact) mass is 271 g/mol. The molecule has 1 amide bonds. The molecule has 0 N–H and O–H groups in total. The summed E-state index contributed by atoms with van der Waals surface area (Å²) in [6.07, 6.45) is -1.81. The number of halogens is 3. The Morgan fingerprint density at radius 1 is 1.42 bits per heavy atom. The maximum atomic E-state index is 12.6. The van der Waals surface area contributed by atoms with Crippen LogP contribution in [-0.4, -0.2) is 16.6 Å². The minimum atomic E-state index is -4.46. The first-order valence-corrected chi connectivity index (χ1v) is 5.84. The van der Waals surface area contributed by atoms with E-state index >= 15 is 0 Å². The molecule has 4 nitrogen and oxygen atoms in total. The Hall–Kier alpha value is -1.92. The molecule has 0 radical (unpaired) electrons. The van der Waals surface area contributed by atoms with Crippen LogP contribution >= 0.6 is 0 Å². The van der Waals surface area contributed by atoms with Crippen molar-refractivity contribution < 1.29 is 18.0 Å². The molecule has 0 aliphatic carbocycles. The van der Waals surface area contributed by atoms with Crippen molar-refractivity contribution in [2.24, 2.45) is 5.10 Å². The number of hydrogen-bond donors (Lipinski definition) is 0. The van der Waals surface area contributed by atoms with Gasteiger partial charge >= 0.3 is 6.18 Å². The van der Waals surface area contributed by atoms with Crippen LogP contribution in [0.25, 0.3) is 0 Å². The third-order valence-corrected chi connectivity index (χ3v) is 2.66. The predicted molar refractivity (Wildman–Crippen MR) is 63.7 cm³/mol. The van der Waals surface area contributed by atoms with Crippen molar-refractivity contribution in [1.82, 2.24) is 4.98 Å². The van der Waals surface area contributed by atoms with Gasteiger partial charge in [0.1, 0.15) is 0 Å². The zero-order valence-corrected chi connectivity index (χ0v) is 10.2. The summed E-state index contributed by atoms with van der Waals surface area (Å²) < 4.78 is 37.7. The summed E-state index contributed by atoms with van der Waals surface area (Å²) in [6.45, 7) is 1.94. The number of aromatic nitrogens is 1. The van der Waals surface area contributed by atoms with E-state index in [9.17, 15) is 18.0 Å². The molecule has 7 heteroatoms. The summed E-state index contributed by atoms with van der Waals surface area (Å²) in [5.41, 5.74) is -0.170. The molecule has 2 rings (SSSR count). The average Bonchev–Trinajstić information content (AvgIpc) is 2.70. The zero-order chi connectivity index (χ0) is 14.0. The van der Waals surface area contributed by atoms with Gasteiger partial charge in [-0.25, -0.2) is 4.98 Å². The molecule has 0 unspecified atom stereocenters. The first kappa shape index (κ1) is 13.5. The lowest BCUT2D eigenvalue weighted by atomic mass is 10.2. The molecule has 102 valence electrons. The number of carbonyl (C=O) groups excluding carboxylic acids is 1. The SMILES string of the molecule is CCCC1=NN(c2cc(C(F)(F)F)ccn2)C(=O)C1. The maximum absolute atomic E-state index is 12.6. The van der Waals surface area contributed by atoms with Crippen LogP contribution in [-0.2, 0) is 11.0 Å². The topological polar surface area (TPSA) is 45.6 Å². The zero-order valence-electron chi connectivity index (χ0n) is 10.2. The smallest absolute Gasteiger partial charge is 0.272 e. The number of hydrazone groups is 1. The van der Waals surface area contributed by atoms with E-state index in [1.165, 1.54) is 0 Å². The number of alkyl halides is 3. The van der Waals surface area contributed by atoms with Crippen molar-refractivity contribution in [3.63, 3.8) is 0 Å². The Morgan fingerprint density at radius 3 is 2.79 bits per heavy atom. The molecule has 0 saturated heterocycles. The first-order valence-electron chi connectivity index (χ1n) is 5.84. The lowest BCUT2D eigenvalue weighted by Gasteiger charge is -2.12. The van der Waals surface area contributed by atoms with Gasteiger partial charge in [-0.15, -0.1) is 0 Å². The minimum absolute atomic E-state index is 0.0917. The fourth-order valence-electron chi connectivity index (χ4n) is 1.80. The van der Waals surface area contributed by atoms with E-state index < -0.39 is 11.7 Å². The first-order chi connectivity index (χ1) is 8.91. The number of nitrogens with zero attached hydrogens (tertiary/aromatic N) is 3. The Labute approximate surface area is 107 Å². The van der Waals surface area contributed by atoms with Crippen LogP contribution in [0.4, 0.5) is 19.0 Å². The molecule has 0 atom stereocenters. The fraction of sp³-hybridized carbons (Fsp3) is 0.417. The number of carbonyl (C=O) groups is 1. The van der Waals surface area contributed by atoms with Gasteiger partial charge in [0.25, 0.3) is 5.91 Å². The van der Waals surface area contributed by atoms with E-state index in [0.717, 1.165) is 29.8 Å². The average molecular weight is 271 g/mol. The molecular formula is C12H12F3N3O. The van der Waals surface area contributed by atoms with Crippen molar-refractivity contribution in [3.05, 3.63) is 23.9 Å². The summed E-state index contributed by atoms with van der Waals surface area (Å²) in [7, 11) is 0. The fourth-order valence-corrected chi connectivity index (χ4v) is 1.80. The Kier molecular flexibility index (Phi) is 3.55. The van der Waals surface area contributed by atoms with Crippen LogP contribution in [0.1, 0.15) is 31.7 Å². The van der Waals surface area contributed by atoms with Crippen LogP contribution < -0.4 is 5.01 Å². The van der Waals surface area contributed by atoms with Crippen molar-refractivity contribution in [1.29, 1.82) is 0 Å². The van der Waals surface area contributed by atoms with Gasteiger partial charge in [-0.1, -0.05) is 13.3 Å². The maximum Gasteiger partial charge on any atom is 0.416 e. The van der Waals surface area contributed by atoms with Gasteiger partial charge in [-0.3, -0.25) is 4.79 Å². The van der Waals surface area contributed by atoms with E-state index in [1.807, 2.05) is 6.92 Å². The third-order valence-electron chi connectivity index (χ3n) is 2.66. The van der Waals surface area contributed by atoms with Crippen molar-refractivity contribution >= 4 is 17.4 Å². The highest BCUT2D eigenvalue weighted by atomic mass is 19.4. The predicted octanol–water partition coefficient (Wildman–Crippen LogP) is 2.99. The highest BCUT2D eigenvalue weighted by Crippen LogP contribution is 2.31. The van der Waals surface area contributed by atoms with E-state index in [-0.39, 0.29) is 18.1 Å². The van der Waals surface area contributed by atoms with Crippen LogP contribution in [0.15, 0.2) is 23.4 Å². The lowest BCUT2D eigenvalue weighted by Crippen LogP contribution is -2.21. The van der Waals surface area contributed by atoms with E-state index in [0.29, 0.717) is 12.1 Å². The second kappa shape index (κ2) is 4.99. The molecule has 0 bridgehead atoms. The second-order valence-corrected chi connectivity index (χ2v) is 4.20. The Balaban J connectivity index is 2.30. The van der Waals surface area contributed by atoms with E-state index in [2.05, 4.69) is 10.1 Å². The van der Waals surface area contributed by atoms with Crippen LogP contribution in [0.3, 0.4) is 0 Å². The number of anilines is 1. The summed E-state index contributed by atoms with van der Waals surface area (Å²) >= 11 is 0. The normalized spacial score (nSPS) is 15.9. The van der Waals surface area contributed by atoms with Crippen molar-refractivity contribution in [2.45, 2.75) is 32.4 Å². The summed E-state index contributed by atoms with van der Waals surface area (Å²) in [6, 6.07) is 1.69. The van der Waals surface area contributed by atoms with E-state index in [4.69, 9.17) is 0 Å². The molecule has 0 fully saturated rings. The molecule has 1 aliphatic rings. The van der Waals surface area contributed by atoms with Gasteiger partial charge in [0.05, 0.1) is 12.0 Å². The molecule has 1 aromatic heterocycles. The molecule has 1 aromatic rings. The van der Waals surface area contributed by atoms with Gasteiger partial charge < -0.3 is 0 Å². The van der Waals surface area contributed by atoms with Crippen LogP contribution in [0.5, 0.6) is 0 Å². The van der Waals surface area contributed by atoms with Gasteiger partial charge in [0.15, 0.2) is 5.82 Å². The second-order valence-electron chi connectivity index (χ2n) is 4.20. The Morgan fingerprint density at radius 2 is 2.16 bits per heavy atom. The van der Waals surface area contributed by atoms with E-state index in [1.54, 1.807) is 0 Å². The van der Waals surface area contributed by atoms with Gasteiger partial charge in [-0.05, 0) is 18.6 Å². The van der Waals surface area contributed by atoms with Crippen LogP contribution in [0, 0.1) is 0 Å². The molecule has 19 heavy (non-hydrogen) atoms. The molecule has 0 aromatic carbocycles. The molecule has 0 spiro atoms. The van der Waals surface area contributed by atoms with Gasteiger partial charge in [0, 0.05) is 11.9 Å². The van der Waals surface area contributed by atoms with Crippen molar-refractivity contribution in [3.8, 4) is 0 Å². The molecule has 0 saturated carbocycles. The summed E-state index contributed by atoms with van der Waals surface area (Å²) in [5, 5.41) is 4.97. The lowest BCUT2D eigenvalue weighted by molar-refractivity contribution is -0.137. The number of rotatable bonds is 3. The third kappa shape index (κ3) is 2.91. The Bertz CT molecular complexity index is 525. The van der Waals surface area contributed by atoms with Gasteiger partial charge in [0.2, 0.25) is 0 Å². The largest absolute Gasteiger partial charge is 0.416 e. The van der Waals surface area contributed by atoms with Crippen molar-refractivity contribution in [2.75, 3.05) is 5.01 Å². The molecular weight excluding hydrogens is 259 g/mol. The molecule has 2 heterocycles. The quantitative estimate of drug-likeness (QED) is 0.848. The number of hydrogen-bond acceptors (Lipinski definition) is 3. The highest BCUT2D eigenvalue weighted by Gasteiger charge is 2.33. The molecule has 1 aliphatic heterocycles. The summed E-state index contributed by atoms with van der Waals surface area (Å²) in [4.78, 5) is 15.5. The number of amides is 1. The van der Waals surface area contributed by atoms with Gasteiger partial charge in [-0.2, -0.15) is 23.3 Å². The van der Waals surface area contributed by atoms with Crippen LogP contribution in [0.2, 0.25) is 0 Å². The highest BCUT2D eigenvalue weighted by molar-refractivity contribution is 6.12.